The number of carbonyl (C=O) groups excluding carboxylic acids is 1. The molecule has 2 atom stereocenters. The van der Waals surface area contributed by atoms with E-state index in [1.54, 1.807) is 24.5 Å². The standard InChI is InChI=1S/C34H33Cl2N3O2S/c1-42(41)33-9-5-4-8-29(33)24-12-15-39(16-13-24)17-14-27(25-10-11-31(35)32(36)20-25)22-38-34(40)30-19-23(21-37)18-26-6-2-3-7-28(26)30/h2-11,18-20,24,27H,12-17,22H2,1H3,(H,38,40)/t27-,42?/m1/s1. The quantitative estimate of drug-likeness (QED) is 0.210. The number of fused-ring (bicyclic) bond motifs is 1. The molecule has 0 aromatic heterocycles. The van der Waals surface area contributed by atoms with Gasteiger partial charge < -0.3 is 10.2 Å². The van der Waals surface area contributed by atoms with Crippen LogP contribution >= 0.6 is 23.2 Å². The van der Waals surface area contributed by atoms with Crippen molar-refractivity contribution >= 4 is 50.7 Å². The molecule has 0 radical (unpaired) electrons. The molecule has 5 rings (SSSR count). The number of benzene rings is 4. The predicted molar refractivity (Wildman–Crippen MR) is 172 cm³/mol. The maximum absolute atomic E-state index is 13.4. The minimum Gasteiger partial charge on any atom is -0.351 e. The summed E-state index contributed by atoms with van der Waals surface area (Å²) in [6.45, 7) is 3.22. The van der Waals surface area contributed by atoms with Crippen molar-refractivity contribution in [2.45, 2.75) is 36.0 Å². The van der Waals surface area contributed by atoms with Gasteiger partial charge in [-0.15, -0.1) is 0 Å². The second-order valence-electron chi connectivity index (χ2n) is 10.8. The van der Waals surface area contributed by atoms with E-state index >= 15 is 0 Å². The van der Waals surface area contributed by atoms with Crippen molar-refractivity contribution in [3.05, 3.63) is 111 Å². The van der Waals surface area contributed by atoms with Crippen molar-refractivity contribution in [1.82, 2.24) is 10.2 Å². The van der Waals surface area contributed by atoms with Gasteiger partial charge in [-0.1, -0.05) is 71.7 Å². The Morgan fingerprint density at radius 2 is 1.76 bits per heavy atom. The van der Waals surface area contributed by atoms with Crippen LogP contribution < -0.4 is 5.32 Å². The number of carbonyl (C=O) groups is 1. The molecule has 0 spiro atoms. The molecule has 1 heterocycles. The Morgan fingerprint density at radius 1 is 1.02 bits per heavy atom. The second-order valence-corrected chi connectivity index (χ2v) is 13.0. The first kappa shape index (κ1) is 30.3. The number of nitrogens with zero attached hydrogens (tertiary/aromatic N) is 2. The van der Waals surface area contributed by atoms with Crippen LogP contribution in [0, 0.1) is 11.3 Å². The first-order valence-corrected chi connectivity index (χ1v) is 16.5. The van der Waals surface area contributed by atoms with Crippen molar-refractivity contribution in [3.63, 3.8) is 0 Å². The molecule has 1 fully saturated rings. The van der Waals surface area contributed by atoms with E-state index in [4.69, 9.17) is 23.2 Å². The molecule has 1 aliphatic heterocycles. The van der Waals surface area contributed by atoms with Gasteiger partial charge >= 0.3 is 0 Å². The van der Waals surface area contributed by atoms with Gasteiger partial charge in [0.15, 0.2) is 0 Å². The summed E-state index contributed by atoms with van der Waals surface area (Å²) in [4.78, 5) is 16.9. The third kappa shape index (κ3) is 7.04. The fraction of sp³-hybridized carbons (Fsp3) is 0.294. The highest BCUT2D eigenvalue weighted by atomic mass is 35.5. The van der Waals surface area contributed by atoms with Crippen LogP contribution in [0.15, 0.2) is 83.8 Å². The summed E-state index contributed by atoms with van der Waals surface area (Å²) < 4.78 is 12.3. The SMILES string of the molecule is CS(=O)c1ccccc1C1CCN(CC[C@H](CNC(=O)c2cc(C#N)cc3ccccc23)c2ccc(Cl)c(Cl)c2)CC1. The number of likely N-dealkylation sites (tertiary alicyclic amines) is 1. The number of amides is 1. The van der Waals surface area contributed by atoms with Crippen LogP contribution in [0.5, 0.6) is 0 Å². The largest absolute Gasteiger partial charge is 0.351 e. The Hall–Kier alpha value is -3.21. The molecule has 1 saturated heterocycles. The van der Waals surface area contributed by atoms with Crippen molar-refractivity contribution < 1.29 is 9.00 Å². The Kier molecular flexibility index (Phi) is 9.97. The summed E-state index contributed by atoms with van der Waals surface area (Å²) in [6.07, 6.45) is 4.62. The molecule has 216 valence electrons. The van der Waals surface area contributed by atoms with E-state index < -0.39 is 10.8 Å². The molecule has 0 saturated carbocycles. The van der Waals surface area contributed by atoms with Crippen LogP contribution in [0.3, 0.4) is 0 Å². The Balaban J connectivity index is 1.27. The van der Waals surface area contributed by atoms with Crippen molar-refractivity contribution in [1.29, 1.82) is 5.26 Å². The lowest BCUT2D eigenvalue weighted by Gasteiger charge is -2.33. The number of nitrogens with one attached hydrogen (secondary N) is 1. The lowest BCUT2D eigenvalue weighted by molar-refractivity contribution is 0.0951. The lowest BCUT2D eigenvalue weighted by Crippen LogP contribution is -2.36. The van der Waals surface area contributed by atoms with Crippen LogP contribution in [-0.2, 0) is 10.8 Å². The van der Waals surface area contributed by atoms with Crippen molar-refractivity contribution in [2.75, 3.05) is 32.4 Å². The zero-order valence-electron chi connectivity index (χ0n) is 23.5. The summed E-state index contributed by atoms with van der Waals surface area (Å²) in [5.74, 6) is 0.224. The van der Waals surface area contributed by atoms with Crippen LogP contribution in [0.4, 0.5) is 0 Å². The molecule has 8 heteroatoms. The molecule has 1 amide bonds. The maximum atomic E-state index is 13.4. The van der Waals surface area contributed by atoms with E-state index in [-0.39, 0.29) is 11.8 Å². The van der Waals surface area contributed by atoms with E-state index in [0.29, 0.717) is 33.6 Å². The smallest absolute Gasteiger partial charge is 0.251 e. The summed E-state index contributed by atoms with van der Waals surface area (Å²) in [7, 11) is -1.000. The maximum Gasteiger partial charge on any atom is 0.251 e. The molecule has 1 N–H and O–H groups in total. The fourth-order valence-corrected chi connectivity index (χ4v) is 7.06. The molecular formula is C34H33Cl2N3O2S. The average molecular weight is 619 g/mol. The van der Waals surface area contributed by atoms with E-state index in [1.807, 2.05) is 54.6 Å². The van der Waals surface area contributed by atoms with Gasteiger partial charge in [0, 0.05) is 29.2 Å². The summed E-state index contributed by atoms with van der Waals surface area (Å²) >= 11 is 12.6. The van der Waals surface area contributed by atoms with Gasteiger partial charge in [-0.05, 0) is 97.0 Å². The van der Waals surface area contributed by atoms with E-state index in [9.17, 15) is 14.3 Å². The summed E-state index contributed by atoms with van der Waals surface area (Å²) in [6, 6.07) is 27.0. The number of hydrogen-bond donors (Lipinski definition) is 1. The van der Waals surface area contributed by atoms with Gasteiger partial charge in [-0.2, -0.15) is 5.26 Å². The lowest BCUT2D eigenvalue weighted by atomic mass is 9.88. The van der Waals surface area contributed by atoms with E-state index in [2.05, 4.69) is 22.4 Å². The zero-order chi connectivity index (χ0) is 29.6. The van der Waals surface area contributed by atoms with Crippen LogP contribution in [0.1, 0.15) is 58.1 Å². The van der Waals surface area contributed by atoms with Gasteiger partial charge in [0.2, 0.25) is 0 Å². The minimum absolute atomic E-state index is 0.0232. The number of hydrogen-bond acceptors (Lipinski definition) is 4. The van der Waals surface area contributed by atoms with Gasteiger partial charge in [0.1, 0.15) is 0 Å². The molecule has 5 nitrogen and oxygen atoms in total. The number of halogens is 2. The summed E-state index contributed by atoms with van der Waals surface area (Å²) in [5.41, 5.74) is 3.18. The number of piperidine rings is 1. The monoisotopic (exact) mass is 617 g/mol. The van der Waals surface area contributed by atoms with Crippen LogP contribution in [0.25, 0.3) is 10.8 Å². The molecule has 4 aromatic carbocycles. The Morgan fingerprint density at radius 3 is 2.50 bits per heavy atom. The van der Waals surface area contributed by atoms with Crippen LogP contribution in [0.2, 0.25) is 10.0 Å². The summed E-state index contributed by atoms with van der Waals surface area (Å²) in [5, 5.41) is 15.3. The molecule has 0 bridgehead atoms. The molecule has 4 aromatic rings. The molecular weight excluding hydrogens is 585 g/mol. The zero-order valence-corrected chi connectivity index (χ0v) is 25.8. The number of rotatable bonds is 9. The second kappa shape index (κ2) is 13.8. The van der Waals surface area contributed by atoms with Crippen molar-refractivity contribution in [2.24, 2.45) is 0 Å². The first-order chi connectivity index (χ1) is 20.3. The van der Waals surface area contributed by atoms with E-state index in [1.165, 1.54) is 5.56 Å². The van der Waals surface area contributed by atoms with Crippen molar-refractivity contribution in [3.8, 4) is 6.07 Å². The minimum atomic E-state index is -1.000. The first-order valence-electron chi connectivity index (χ1n) is 14.1. The Labute approximate surface area is 259 Å². The van der Waals surface area contributed by atoms with Gasteiger partial charge in [-0.3, -0.25) is 9.00 Å². The molecule has 1 aliphatic rings. The fourth-order valence-electron chi connectivity index (χ4n) is 5.91. The van der Waals surface area contributed by atoms with Gasteiger partial charge in [-0.25, -0.2) is 0 Å². The average Bonchev–Trinajstić information content (AvgIpc) is 3.02. The van der Waals surface area contributed by atoms with Crippen LogP contribution in [-0.4, -0.2) is 47.5 Å². The van der Waals surface area contributed by atoms with Gasteiger partial charge in [0.25, 0.3) is 5.91 Å². The molecule has 1 unspecified atom stereocenters. The number of nitriles is 1. The Bertz CT molecular complexity index is 1660. The third-order valence-electron chi connectivity index (χ3n) is 8.21. The predicted octanol–water partition coefficient (Wildman–Crippen LogP) is 7.54. The van der Waals surface area contributed by atoms with Gasteiger partial charge in [0.05, 0.1) is 32.5 Å². The highest BCUT2D eigenvalue weighted by molar-refractivity contribution is 7.84. The highest BCUT2D eigenvalue weighted by Gasteiger charge is 2.24. The van der Waals surface area contributed by atoms with E-state index in [0.717, 1.165) is 60.1 Å². The molecule has 0 aliphatic carbocycles. The molecule has 42 heavy (non-hydrogen) atoms. The highest BCUT2D eigenvalue weighted by Crippen LogP contribution is 2.33. The normalized spacial score (nSPS) is 15.7. The topological polar surface area (TPSA) is 73.2 Å². The third-order valence-corrected chi connectivity index (χ3v) is 9.94.